The second-order valence-corrected chi connectivity index (χ2v) is 13.1. The van der Waals surface area contributed by atoms with Gasteiger partial charge in [0.2, 0.25) is 11.9 Å². The summed E-state index contributed by atoms with van der Waals surface area (Å²) >= 11 is 0. The Bertz CT molecular complexity index is 1420. The number of hydrogen-bond donors (Lipinski definition) is 5. The summed E-state index contributed by atoms with van der Waals surface area (Å²) in [6.45, 7) is 1.74. The number of aromatic amines is 1. The van der Waals surface area contributed by atoms with Crippen molar-refractivity contribution in [2.75, 3.05) is 41.9 Å². The number of hydrogen-bond acceptors (Lipinski definition) is 10. The van der Waals surface area contributed by atoms with Gasteiger partial charge < -0.3 is 20.9 Å². The molecule has 0 radical (unpaired) electrons. The van der Waals surface area contributed by atoms with Crippen LogP contribution in [0.3, 0.4) is 0 Å². The third-order valence-corrected chi connectivity index (χ3v) is 8.62. The number of piperidine rings is 1. The number of H-pyrrole nitrogens is 1. The molecule has 3 aromatic heterocycles. The summed E-state index contributed by atoms with van der Waals surface area (Å²) in [5.41, 5.74) is 1.98. The summed E-state index contributed by atoms with van der Waals surface area (Å²) in [5.74, 6) is 2.54. The van der Waals surface area contributed by atoms with Gasteiger partial charge in [-0.1, -0.05) is 0 Å². The van der Waals surface area contributed by atoms with Crippen LogP contribution in [0.1, 0.15) is 50.1 Å². The van der Waals surface area contributed by atoms with Crippen molar-refractivity contribution >= 4 is 38.8 Å². The standard InChI is InChI=1S/C25H36N10O3S/c1-39(37,38)13-10-26-21-9-8-17(15-27-21)28-24(36)20-5-2-11-34(20)25-30-23(19-4-3-12-35(19)33-25)29-22-14-18(31-32-22)16-6-7-16/h3-4,12,14,16-17,20-21,26-27H,2,5-11,13,15H2,1H3,(H,28,36)(H2,29,30,31,32,33)/t17?,20-,21+/m0/s1. The lowest BCUT2D eigenvalue weighted by atomic mass is 10.0. The Morgan fingerprint density at radius 2 is 2.08 bits per heavy atom. The van der Waals surface area contributed by atoms with Gasteiger partial charge in [0, 0.05) is 55.8 Å². The van der Waals surface area contributed by atoms with E-state index in [9.17, 15) is 13.2 Å². The number of carbonyl (C=O) groups is 1. The van der Waals surface area contributed by atoms with Crippen LogP contribution in [0.4, 0.5) is 17.6 Å². The molecule has 210 valence electrons. The lowest BCUT2D eigenvalue weighted by Gasteiger charge is -2.32. The van der Waals surface area contributed by atoms with Crippen LogP contribution in [0.25, 0.3) is 5.52 Å². The molecule has 13 nitrogen and oxygen atoms in total. The van der Waals surface area contributed by atoms with Gasteiger partial charge in [0.25, 0.3) is 0 Å². The highest BCUT2D eigenvalue weighted by molar-refractivity contribution is 7.90. The molecule has 5 heterocycles. The minimum atomic E-state index is -2.99. The topological polar surface area (TPSA) is 161 Å². The highest BCUT2D eigenvalue weighted by Gasteiger charge is 2.35. The molecule has 0 bridgehead atoms. The van der Waals surface area contributed by atoms with Gasteiger partial charge in [-0.15, -0.1) is 5.10 Å². The number of amides is 1. The highest BCUT2D eigenvalue weighted by atomic mass is 32.2. The fourth-order valence-electron chi connectivity index (χ4n) is 5.41. The Morgan fingerprint density at radius 3 is 2.85 bits per heavy atom. The average Bonchev–Trinajstić information content (AvgIpc) is 3.28. The third kappa shape index (κ3) is 6.17. The monoisotopic (exact) mass is 556 g/mol. The zero-order chi connectivity index (χ0) is 27.0. The van der Waals surface area contributed by atoms with Crippen LogP contribution in [0.5, 0.6) is 0 Å². The van der Waals surface area contributed by atoms with Crippen LogP contribution >= 0.6 is 0 Å². The molecule has 1 amide bonds. The molecule has 3 atom stereocenters. The summed E-state index contributed by atoms with van der Waals surface area (Å²) in [6.07, 6.45) is 8.80. The Labute approximate surface area is 227 Å². The molecular formula is C25H36N10O3S. The minimum Gasteiger partial charge on any atom is -0.350 e. The summed E-state index contributed by atoms with van der Waals surface area (Å²) < 4.78 is 24.5. The van der Waals surface area contributed by atoms with E-state index < -0.39 is 9.84 Å². The summed E-state index contributed by atoms with van der Waals surface area (Å²) in [5, 5.41) is 25.4. The van der Waals surface area contributed by atoms with Crippen LogP contribution in [0.15, 0.2) is 24.4 Å². The van der Waals surface area contributed by atoms with E-state index in [0.717, 1.165) is 36.9 Å². The van der Waals surface area contributed by atoms with Gasteiger partial charge in [0.15, 0.2) is 11.6 Å². The average molecular weight is 557 g/mol. The van der Waals surface area contributed by atoms with Crippen molar-refractivity contribution < 1.29 is 13.2 Å². The first-order chi connectivity index (χ1) is 18.8. The van der Waals surface area contributed by atoms with E-state index in [1.807, 2.05) is 29.3 Å². The van der Waals surface area contributed by atoms with Crippen molar-refractivity contribution in [3.63, 3.8) is 0 Å². The Balaban J connectivity index is 1.09. The zero-order valence-electron chi connectivity index (χ0n) is 22.1. The van der Waals surface area contributed by atoms with Crippen molar-refractivity contribution in [2.45, 2.75) is 62.7 Å². The van der Waals surface area contributed by atoms with Gasteiger partial charge in [-0.3, -0.25) is 15.2 Å². The molecule has 2 aliphatic heterocycles. The summed E-state index contributed by atoms with van der Waals surface area (Å²) in [7, 11) is -2.99. The normalized spacial score (nSPS) is 23.8. The van der Waals surface area contributed by atoms with Crippen molar-refractivity contribution in [3.05, 3.63) is 30.1 Å². The number of carbonyl (C=O) groups excluding carboxylic acids is 1. The van der Waals surface area contributed by atoms with Gasteiger partial charge in [0.05, 0.1) is 11.9 Å². The molecule has 14 heteroatoms. The fourth-order valence-corrected chi connectivity index (χ4v) is 5.90. The van der Waals surface area contributed by atoms with Gasteiger partial charge in [0.1, 0.15) is 21.4 Å². The molecule has 1 saturated carbocycles. The predicted molar refractivity (Wildman–Crippen MR) is 148 cm³/mol. The second kappa shape index (κ2) is 10.7. The Kier molecular flexibility index (Phi) is 7.16. The number of aromatic nitrogens is 5. The molecule has 2 saturated heterocycles. The zero-order valence-corrected chi connectivity index (χ0v) is 22.9. The molecule has 6 rings (SSSR count). The number of anilines is 3. The molecule has 3 fully saturated rings. The lowest BCUT2D eigenvalue weighted by Crippen LogP contribution is -2.57. The smallest absolute Gasteiger partial charge is 0.246 e. The quantitative estimate of drug-likeness (QED) is 0.242. The molecule has 1 aliphatic carbocycles. The van der Waals surface area contributed by atoms with Gasteiger partial charge >= 0.3 is 0 Å². The maximum absolute atomic E-state index is 13.4. The number of rotatable bonds is 10. The molecular weight excluding hydrogens is 520 g/mol. The molecule has 0 aromatic carbocycles. The Morgan fingerprint density at radius 1 is 1.21 bits per heavy atom. The Hall–Kier alpha value is -3.23. The predicted octanol–water partition coefficient (Wildman–Crippen LogP) is 0.871. The van der Waals surface area contributed by atoms with Crippen LogP contribution in [0.2, 0.25) is 0 Å². The highest BCUT2D eigenvalue weighted by Crippen LogP contribution is 2.39. The second-order valence-electron chi connectivity index (χ2n) is 10.9. The van der Waals surface area contributed by atoms with E-state index in [0.29, 0.717) is 43.1 Å². The maximum atomic E-state index is 13.4. The first-order valence-corrected chi connectivity index (χ1v) is 15.8. The van der Waals surface area contributed by atoms with Gasteiger partial charge in [-0.2, -0.15) is 10.1 Å². The van der Waals surface area contributed by atoms with Crippen LogP contribution < -0.4 is 26.2 Å². The van der Waals surface area contributed by atoms with Crippen molar-refractivity contribution in [1.29, 1.82) is 0 Å². The summed E-state index contributed by atoms with van der Waals surface area (Å²) in [4.78, 5) is 20.2. The van der Waals surface area contributed by atoms with E-state index in [2.05, 4.69) is 31.5 Å². The van der Waals surface area contributed by atoms with Crippen molar-refractivity contribution in [3.8, 4) is 0 Å². The first kappa shape index (κ1) is 26.0. The first-order valence-electron chi connectivity index (χ1n) is 13.7. The number of nitrogens with one attached hydrogen (secondary N) is 5. The van der Waals surface area contributed by atoms with Crippen LogP contribution in [-0.4, -0.2) is 89.0 Å². The maximum Gasteiger partial charge on any atom is 0.246 e. The fraction of sp³-hybridized carbons (Fsp3) is 0.600. The number of sulfone groups is 1. The minimum absolute atomic E-state index is 0.0123. The van der Waals surface area contributed by atoms with Crippen molar-refractivity contribution in [2.24, 2.45) is 0 Å². The molecule has 5 N–H and O–H groups in total. The molecule has 1 unspecified atom stereocenters. The summed E-state index contributed by atoms with van der Waals surface area (Å²) in [6, 6.07) is 5.58. The molecule has 3 aromatic rings. The van der Waals surface area contributed by atoms with Gasteiger partial charge in [-0.25, -0.2) is 12.9 Å². The lowest BCUT2D eigenvalue weighted by molar-refractivity contribution is -0.123. The third-order valence-electron chi connectivity index (χ3n) is 7.68. The van der Waals surface area contributed by atoms with Crippen LogP contribution in [0, 0.1) is 0 Å². The number of nitrogens with zero attached hydrogens (tertiary/aromatic N) is 5. The molecule has 3 aliphatic rings. The number of fused-ring (bicyclic) bond motifs is 1. The van der Waals surface area contributed by atoms with E-state index in [1.54, 1.807) is 4.52 Å². The van der Waals surface area contributed by atoms with E-state index >= 15 is 0 Å². The molecule has 39 heavy (non-hydrogen) atoms. The largest absolute Gasteiger partial charge is 0.350 e. The van der Waals surface area contributed by atoms with Crippen LogP contribution in [-0.2, 0) is 14.6 Å². The van der Waals surface area contributed by atoms with E-state index in [4.69, 9.17) is 10.1 Å². The van der Waals surface area contributed by atoms with Gasteiger partial charge in [-0.05, 0) is 50.7 Å². The van der Waals surface area contributed by atoms with Crippen molar-refractivity contribution in [1.82, 2.24) is 40.7 Å². The SMILES string of the molecule is CS(=O)(=O)CCN[C@H]1CCC(NC(=O)[C@@H]2CCCN2c2nc(Nc3cc(C4CC4)[nH]n3)c3cccn3n2)CN1. The molecule has 0 spiro atoms. The van der Waals surface area contributed by atoms with E-state index in [-0.39, 0.29) is 29.9 Å². The van der Waals surface area contributed by atoms with E-state index in [1.165, 1.54) is 19.1 Å².